The molecule has 0 atom stereocenters. The Kier molecular flexibility index (Phi) is 5.67. The van der Waals surface area contributed by atoms with Crippen molar-refractivity contribution in [3.05, 3.63) is 41.9 Å². The fourth-order valence-electron chi connectivity index (χ4n) is 4.68. The second kappa shape index (κ2) is 8.35. The average Bonchev–Trinajstić information content (AvgIpc) is 3.16. The van der Waals surface area contributed by atoms with Crippen LogP contribution in [0.2, 0.25) is 0 Å². The first kappa shape index (κ1) is 19.0. The Balaban J connectivity index is 1.28. The minimum atomic E-state index is -0.465. The largest absolute Gasteiger partial charge is 0.364 e. The number of carbonyl (C=O) groups excluding carboxylic acids is 2. The van der Waals surface area contributed by atoms with Crippen molar-refractivity contribution in [1.29, 1.82) is 0 Å². The number of H-pyrrole nitrogens is 1. The smallest absolute Gasteiger partial charge is 0.265 e. The Labute approximate surface area is 165 Å². The maximum atomic E-state index is 12.6. The number of rotatable bonds is 5. The SMILES string of the molecule is NC(=O)c1cc2cc(C[CH]C(=O)N3CCC(C4CCNCC4)CC3)ccc2[nH]1. The van der Waals surface area contributed by atoms with E-state index < -0.39 is 5.91 Å². The Hall–Kier alpha value is -2.34. The van der Waals surface area contributed by atoms with Crippen molar-refractivity contribution in [2.24, 2.45) is 17.6 Å². The lowest BCUT2D eigenvalue weighted by molar-refractivity contribution is -0.129. The molecule has 0 spiro atoms. The Morgan fingerprint density at radius 3 is 2.50 bits per heavy atom. The number of nitrogens with one attached hydrogen (secondary N) is 2. The summed E-state index contributed by atoms with van der Waals surface area (Å²) in [5.74, 6) is 1.28. The van der Waals surface area contributed by atoms with E-state index in [1.807, 2.05) is 23.1 Å². The molecule has 149 valence electrons. The number of aromatic amines is 1. The molecule has 4 rings (SSSR count). The number of benzene rings is 1. The average molecular weight is 382 g/mol. The number of aromatic nitrogens is 1. The second-order valence-electron chi connectivity index (χ2n) is 8.13. The highest BCUT2D eigenvalue weighted by Crippen LogP contribution is 2.31. The van der Waals surface area contributed by atoms with E-state index in [0.29, 0.717) is 12.1 Å². The van der Waals surface area contributed by atoms with Gasteiger partial charge in [0.25, 0.3) is 5.91 Å². The molecular weight excluding hydrogens is 352 g/mol. The molecule has 3 heterocycles. The van der Waals surface area contributed by atoms with Gasteiger partial charge in [0.2, 0.25) is 5.91 Å². The summed E-state index contributed by atoms with van der Waals surface area (Å²) >= 11 is 0. The Morgan fingerprint density at radius 2 is 1.79 bits per heavy atom. The van der Waals surface area contributed by atoms with E-state index in [0.717, 1.165) is 67.3 Å². The molecular formula is C22H29N4O2. The van der Waals surface area contributed by atoms with Gasteiger partial charge in [0, 0.05) is 24.0 Å². The summed E-state index contributed by atoms with van der Waals surface area (Å²) in [7, 11) is 0. The van der Waals surface area contributed by atoms with Gasteiger partial charge >= 0.3 is 0 Å². The molecule has 2 saturated heterocycles. The van der Waals surface area contributed by atoms with Crippen LogP contribution in [0.5, 0.6) is 0 Å². The zero-order chi connectivity index (χ0) is 19.5. The molecule has 6 nitrogen and oxygen atoms in total. The monoisotopic (exact) mass is 381 g/mol. The van der Waals surface area contributed by atoms with Crippen LogP contribution >= 0.6 is 0 Å². The molecule has 4 N–H and O–H groups in total. The van der Waals surface area contributed by atoms with Gasteiger partial charge in [0.15, 0.2) is 0 Å². The van der Waals surface area contributed by atoms with E-state index in [9.17, 15) is 9.59 Å². The molecule has 6 heteroatoms. The van der Waals surface area contributed by atoms with Crippen molar-refractivity contribution in [3.8, 4) is 0 Å². The molecule has 0 bridgehead atoms. The summed E-state index contributed by atoms with van der Waals surface area (Å²) in [6.45, 7) is 4.04. The number of likely N-dealkylation sites (tertiary alicyclic amines) is 1. The highest BCUT2D eigenvalue weighted by Gasteiger charge is 2.29. The third-order valence-corrected chi connectivity index (χ3v) is 6.36. The molecule has 2 aliphatic rings. The minimum Gasteiger partial charge on any atom is -0.364 e. The number of piperidine rings is 2. The molecule has 1 aromatic heterocycles. The summed E-state index contributed by atoms with van der Waals surface area (Å²) in [5.41, 5.74) is 7.67. The maximum Gasteiger partial charge on any atom is 0.265 e. The quantitative estimate of drug-likeness (QED) is 0.742. The number of fused-ring (bicyclic) bond motifs is 1. The fourth-order valence-corrected chi connectivity index (χ4v) is 4.68. The van der Waals surface area contributed by atoms with Crippen LogP contribution in [0.25, 0.3) is 10.9 Å². The molecule has 2 fully saturated rings. The highest BCUT2D eigenvalue weighted by atomic mass is 16.2. The van der Waals surface area contributed by atoms with Crippen LogP contribution in [0.3, 0.4) is 0 Å². The summed E-state index contributed by atoms with van der Waals surface area (Å²) in [4.78, 5) is 28.9. The lowest BCUT2D eigenvalue weighted by Crippen LogP contribution is -2.42. The van der Waals surface area contributed by atoms with Gasteiger partial charge in [-0.3, -0.25) is 9.59 Å². The van der Waals surface area contributed by atoms with E-state index >= 15 is 0 Å². The van der Waals surface area contributed by atoms with Crippen LogP contribution in [-0.2, 0) is 11.2 Å². The second-order valence-corrected chi connectivity index (χ2v) is 8.13. The van der Waals surface area contributed by atoms with Gasteiger partial charge in [-0.1, -0.05) is 6.07 Å². The first-order chi connectivity index (χ1) is 13.6. The first-order valence-corrected chi connectivity index (χ1v) is 10.3. The molecule has 1 aromatic carbocycles. The van der Waals surface area contributed by atoms with Gasteiger partial charge in [-0.2, -0.15) is 0 Å². The number of nitrogens with zero attached hydrogens (tertiary/aromatic N) is 1. The number of hydrogen-bond acceptors (Lipinski definition) is 3. The van der Waals surface area contributed by atoms with Gasteiger partial charge in [0.05, 0.1) is 6.42 Å². The van der Waals surface area contributed by atoms with Crippen molar-refractivity contribution in [2.75, 3.05) is 26.2 Å². The van der Waals surface area contributed by atoms with E-state index in [2.05, 4.69) is 10.3 Å². The number of hydrogen-bond donors (Lipinski definition) is 3. The number of amides is 2. The van der Waals surface area contributed by atoms with Crippen molar-refractivity contribution in [2.45, 2.75) is 32.1 Å². The van der Waals surface area contributed by atoms with E-state index in [-0.39, 0.29) is 5.91 Å². The van der Waals surface area contributed by atoms with Crippen LogP contribution in [-0.4, -0.2) is 47.9 Å². The van der Waals surface area contributed by atoms with Crippen LogP contribution in [0.15, 0.2) is 24.3 Å². The number of carbonyl (C=O) groups is 2. The van der Waals surface area contributed by atoms with Crippen molar-refractivity contribution < 1.29 is 9.59 Å². The van der Waals surface area contributed by atoms with Gasteiger partial charge in [0.1, 0.15) is 5.69 Å². The molecule has 2 aliphatic heterocycles. The summed E-state index contributed by atoms with van der Waals surface area (Å²) in [5, 5.41) is 4.38. The van der Waals surface area contributed by atoms with Crippen LogP contribution in [0.1, 0.15) is 41.7 Å². The molecule has 2 aromatic rings. The van der Waals surface area contributed by atoms with Crippen molar-refractivity contribution >= 4 is 22.7 Å². The maximum absolute atomic E-state index is 12.6. The third kappa shape index (κ3) is 4.22. The highest BCUT2D eigenvalue weighted by molar-refractivity contribution is 5.97. The topological polar surface area (TPSA) is 91.2 Å². The van der Waals surface area contributed by atoms with Gasteiger partial charge in [-0.05, 0) is 80.8 Å². The normalized spacial score (nSPS) is 19.2. The fraction of sp³-hybridized carbons (Fsp3) is 0.500. The standard InChI is InChI=1S/C22H29N4O2/c23-22(28)20-14-18-13-15(1-3-19(18)25-20)2-4-21(27)26-11-7-17(8-12-26)16-5-9-24-10-6-16/h1,3-4,13-14,16-17,24-25H,2,5-12H2,(H2,23,28). The van der Waals surface area contributed by atoms with E-state index in [4.69, 9.17) is 5.73 Å². The summed E-state index contributed by atoms with van der Waals surface area (Å²) in [6.07, 6.45) is 7.21. The zero-order valence-electron chi connectivity index (χ0n) is 16.2. The van der Waals surface area contributed by atoms with Gasteiger partial charge in [-0.25, -0.2) is 0 Å². The van der Waals surface area contributed by atoms with E-state index in [1.165, 1.54) is 12.8 Å². The van der Waals surface area contributed by atoms with Crippen LogP contribution < -0.4 is 11.1 Å². The lowest BCUT2D eigenvalue weighted by atomic mass is 9.79. The number of nitrogens with two attached hydrogens (primary N) is 1. The summed E-state index contributed by atoms with van der Waals surface area (Å²) < 4.78 is 0. The van der Waals surface area contributed by atoms with Gasteiger partial charge < -0.3 is 20.9 Å². The van der Waals surface area contributed by atoms with E-state index in [1.54, 1.807) is 12.5 Å². The Morgan fingerprint density at radius 1 is 1.07 bits per heavy atom. The molecule has 0 unspecified atom stereocenters. The van der Waals surface area contributed by atoms with Gasteiger partial charge in [-0.15, -0.1) is 0 Å². The predicted octanol–water partition coefficient (Wildman–Crippen LogP) is 2.25. The molecule has 1 radical (unpaired) electrons. The third-order valence-electron chi connectivity index (χ3n) is 6.36. The van der Waals surface area contributed by atoms with Crippen molar-refractivity contribution in [1.82, 2.24) is 15.2 Å². The Bertz CT molecular complexity index is 845. The first-order valence-electron chi connectivity index (χ1n) is 10.3. The lowest BCUT2D eigenvalue weighted by Gasteiger charge is -2.37. The zero-order valence-corrected chi connectivity index (χ0v) is 16.2. The molecule has 28 heavy (non-hydrogen) atoms. The number of primary amides is 1. The van der Waals surface area contributed by atoms with Crippen LogP contribution in [0, 0.1) is 18.3 Å². The summed E-state index contributed by atoms with van der Waals surface area (Å²) in [6, 6.07) is 7.68. The predicted molar refractivity (Wildman–Crippen MR) is 110 cm³/mol. The molecule has 0 aliphatic carbocycles. The van der Waals surface area contributed by atoms with Crippen LogP contribution in [0.4, 0.5) is 0 Å². The molecule has 2 amide bonds. The van der Waals surface area contributed by atoms with Crippen molar-refractivity contribution in [3.63, 3.8) is 0 Å². The molecule has 0 saturated carbocycles. The minimum absolute atomic E-state index is 0.135.